The molecule has 1 fully saturated rings. The first-order valence-corrected chi connectivity index (χ1v) is 12.7. The summed E-state index contributed by atoms with van der Waals surface area (Å²) in [5.74, 6) is -0.0734. The highest BCUT2D eigenvalue weighted by Gasteiger charge is 2.36. The highest BCUT2D eigenvalue weighted by molar-refractivity contribution is 8.26. The summed E-state index contributed by atoms with van der Waals surface area (Å²) in [7, 11) is 0. The molecule has 5 rings (SSSR count). The fraction of sp³-hybridized carbons (Fsp3) is 0.138. The van der Waals surface area contributed by atoms with Crippen LogP contribution < -0.4 is 0 Å². The van der Waals surface area contributed by atoms with Gasteiger partial charge in [0.1, 0.15) is 10.0 Å². The van der Waals surface area contributed by atoms with Crippen molar-refractivity contribution in [3.63, 3.8) is 0 Å². The Kier molecular flexibility index (Phi) is 6.41. The highest BCUT2D eigenvalue weighted by atomic mass is 32.2. The summed E-state index contributed by atoms with van der Waals surface area (Å²) in [6.07, 6.45) is 3.92. The van der Waals surface area contributed by atoms with Gasteiger partial charge in [-0.25, -0.2) is 4.68 Å². The molecule has 2 heterocycles. The molecule has 174 valence electrons. The van der Waals surface area contributed by atoms with Gasteiger partial charge in [0.05, 0.1) is 16.6 Å². The molecule has 0 radical (unpaired) electrons. The van der Waals surface area contributed by atoms with Crippen molar-refractivity contribution in [1.82, 2.24) is 14.7 Å². The Labute approximate surface area is 215 Å². The molecule has 0 bridgehead atoms. The van der Waals surface area contributed by atoms with Gasteiger partial charge in [-0.3, -0.25) is 9.69 Å². The van der Waals surface area contributed by atoms with Crippen LogP contribution in [0.1, 0.15) is 35.2 Å². The second-order valence-electron chi connectivity index (χ2n) is 8.67. The first-order valence-electron chi connectivity index (χ1n) is 11.5. The van der Waals surface area contributed by atoms with Crippen LogP contribution in [0.15, 0.2) is 90.0 Å². The van der Waals surface area contributed by atoms with Crippen LogP contribution in [-0.4, -0.2) is 24.9 Å². The number of aryl methyl sites for hydroxylation is 2. The molecule has 1 amide bonds. The average Bonchev–Trinajstić information content (AvgIpc) is 3.41. The molecule has 4 nitrogen and oxygen atoms in total. The van der Waals surface area contributed by atoms with Crippen LogP contribution >= 0.6 is 24.0 Å². The van der Waals surface area contributed by atoms with Gasteiger partial charge in [-0.15, -0.1) is 0 Å². The lowest BCUT2D eigenvalue weighted by Gasteiger charge is -2.23. The minimum Gasteiger partial charge on any atom is -0.286 e. The Morgan fingerprint density at radius 1 is 0.971 bits per heavy atom. The van der Waals surface area contributed by atoms with Gasteiger partial charge in [0.2, 0.25) is 0 Å². The van der Waals surface area contributed by atoms with Crippen molar-refractivity contribution in [1.29, 1.82) is 0 Å². The molecule has 4 aromatic rings. The molecular formula is C29H25N3OS2. The Balaban J connectivity index is 1.58. The van der Waals surface area contributed by atoms with Crippen LogP contribution in [0.4, 0.5) is 0 Å². The molecule has 0 saturated carbocycles. The number of thiocarbonyl (C=S) groups is 1. The van der Waals surface area contributed by atoms with E-state index in [4.69, 9.17) is 17.3 Å². The molecule has 0 aliphatic carbocycles. The number of amides is 1. The maximum atomic E-state index is 13.5. The third-order valence-electron chi connectivity index (χ3n) is 6.19. The first kappa shape index (κ1) is 23.3. The van der Waals surface area contributed by atoms with Crippen LogP contribution in [0.3, 0.4) is 0 Å². The van der Waals surface area contributed by atoms with E-state index in [1.165, 1.54) is 11.8 Å². The highest BCUT2D eigenvalue weighted by Crippen LogP contribution is 2.39. The molecule has 1 saturated heterocycles. The van der Waals surface area contributed by atoms with Gasteiger partial charge in [-0.05, 0) is 56.2 Å². The van der Waals surface area contributed by atoms with E-state index < -0.39 is 0 Å². The number of hydrogen-bond acceptors (Lipinski definition) is 4. The molecule has 0 spiro atoms. The molecule has 35 heavy (non-hydrogen) atoms. The van der Waals surface area contributed by atoms with Crippen LogP contribution in [0.5, 0.6) is 0 Å². The maximum absolute atomic E-state index is 13.5. The predicted molar refractivity (Wildman–Crippen MR) is 148 cm³/mol. The number of para-hydroxylation sites is 1. The summed E-state index contributed by atoms with van der Waals surface area (Å²) in [4.78, 5) is 15.8. The number of carbonyl (C=O) groups excluding carboxylic acids is 1. The fourth-order valence-electron chi connectivity index (χ4n) is 4.24. The zero-order valence-corrected chi connectivity index (χ0v) is 21.4. The second kappa shape index (κ2) is 9.64. The number of thioether (sulfide) groups is 1. The monoisotopic (exact) mass is 495 g/mol. The van der Waals surface area contributed by atoms with Crippen molar-refractivity contribution < 1.29 is 4.79 Å². The van der Waals surface area contributed by atoms with Crippen molar-refractivity contribution in [2.24, 2.45) is 0 Å². The van der Waals surface area contributed by atoms with Crippen molar-refractivity contribution >= 4 is 40.3 Å². The summed E-state index contributed by atoms with van der Waals surface area (Å²) in [6.45, 7) is 6.17. The maximum Gasteiger partial charge on any atom is 0.266 e. The predicted octanol–water partition coefficient (Wildman–Crippen LogP) is 7.12. The van der Waals surface area contributed by atoms with E-state index in [2.05, 4.69) is 32.0 Å². The van der Waals surface area contributed by atoms with Gasteiger partial charge >= 0.3 is 0 Å². The van der Waals surface area contributed by atoms with Crippen LogP contribution in [0, 0.1) is 13.8 Å². The van der Waals surface area contributed by atoms with Crippen molar-refractivity contribution in [2.75, 3.05) is 0 Å². The minimum absolute atomic E-state index is 0.0734. The first-order chi connectivity index (χ1) is 16.9. The van der Waals surface area contributed by atoms with Gasteiger partial charge in [-0.1, -0.05) is 90.2 Å². The standard InChI is InChI=1S/C29H25N3OS2/c1-19-14-15-20(2)25(16-19)27-23(18-31(30-27)24-12-8-5-9-13-24)17-26-28(33)32(29(34)35-26)21(3)22-10-6-4-7-11-22/h4-18,21H,1-3H3. The largest absolute Gasteiger partial charge is 0.286 e. The number of rotatable bonds is 5. The van der Waals surface area contributed by atoms with Gasteiger partial charge in [0, 0.05) is 17.3 Å². The van der Waals surface area contributed by atoms with Gasteiger partial charge in [0.15, 0.2) is 0 Å². The quantitative estimate of drug-likeness (QED) is 0.218. The van der Waals surface area contributed by atoms with Crippen molar-refractivity contribution in [3.8, 4) is 16.9 Å². The summed E-state index contributed by atoms with van der Waals surface area (Å²) < 4.78 is 2.44. The van der Waals surface area contributed by atoms with E-state index in [-0.39, 0.29) is 11.9 Å². The van der Waals surface area contributed by atoms with Crippen molar-refractivity contribution in [2.45, 2.75) is 26.8 Å². The lowest BCUT2D eigenvalue weighted by molar-refractivity contribution is -0.123. The topological polar surface area (TPSA) is 38.1 Å². The number of carbonyl (C=O) groups is 1. The molecule has 3 aromatic carbocycles. The molecule has 1 aliphatic heterocycles. The van der Waals surface area contributed by atoms with E-state index in [0.29, 0.717) is 9.23 Å². The Bertz CT molecular complexity index is 1440. The zero-order valence-electron chi connectivity index (χ0n) is 19.8. The molecular weight excluding hydrogens is 470 g/mol. The Morgan fingerprint density at radius 3 is 2.37 bits per heavy atom. The van der Waals surface area contributed by atoms with Crippen molar-refractivity contribution in [3.05, 3.63) is 112 Å². The smallest absolute Gasteiger partial charge is 0.266 e. The summed E-state index contributed by atoms with van der Waals surface area (Å²) in [5, 5.41) is 4.95. The second-order valence-corrected chi connectivity index (χ2v) is 10.3. The Hall–Kier alpha value is -3.48. The lowest BCUT2D eigenvalue weighted by atomic mass is 10.00. The van der Waals surface area contributed by atoms with E-state index in [0.717, 1.165) is 39.2 Å². The third-order valence-corrected chi connectivity index (χ3v) is 7.52. The van der Waals surface area contributed by atoms with Crippen LogP contribution in [0.2, 0.25) is 0 Å². The van der Waals surface area contributed by atoms with Gasteiger partial charge in [-0.2, -0.15) is 5.10 Å². The molecule has 1 aromatic heterocycles. The van der Waals surface area contributed by atoms with Gasteiger partial charge in [0.25, 0.3) is 5.91 Å². The van der Waals surface area contributed by atoms with E-state index in [1.807, 2.05) is 84.5 Å². The number of nitrogens with zero attached hydrogens (tertiary/aromatic N) is 3. The van der Waals surface area contributed by atoms with E-state index in [9.17, 15) is 4.79 Å². The lowest BCUT2D eigenvalue weighted by Crippen LogP contribution is -2.30. The molecule has 0 N–H and O–H groups in total. The fourth-order valence-corrected chi connectivity index (χ4v) is 5.65. The van der Waals surface area contributed by atoms with Crippen LogP contribution in [0.25, 0.3) is 23.0 Å². The average molecular weight is 496 g/mol. The van der Waals surface area contributed by atoms with Gasteiger partial charge < -0.3 is 0 Å². The summed E-state index contributed by atoms with van der Waals surface area (Å²) in [6, 6.07) is 26.2. The van der Waals surface area contributed by atoms with Crippen LogP contribution in [-0.2, 0) is 4.79 Å². The molecule has 1 unspecified atom stereocenters. The minimum atomic E-state index is -0.139. The normalized spacial score (nSPS) is 15.7. The number of hydrogen-bond donors (Lipinski definition) is 0. The summed E-state index contributed by atoms with van der Waals surface area (Å²) in [5.41, 5.74) is 7.09. The third kappa shape index (κ3) is 4.59. The van der Waals surface area contributed by atoms with E-state index in [1.54, 1.807) is 4.90 Å². The number of aromatic nitrogens is 2. The molecule has 1 atom stereocenters. The SMILES string of the molecule is Cc1ccc(C)c(-c2nn(-c3ccccc3)cc2C=C2SC(=S)N(C(C)c3ccccc3)C2=O)c1. The number of benzene rings is 3. The molecule has 1 aliphatic rings. The summed E-state index contributed by atoms with van der Waals surface area (Å²) >= 11 is 6.99. The zero-order chi connectivity index (χ0) is 24.5. The Morgan fingerprint density at radius 2 is 1.66 bits per heavy atom. The molecule has 6 heteroatoms. The van der Waals surface area contributed by atoms with E-state index >= 15 is 0 Å².